The number of hydrogen-bond donors (Lipinski definition) is 4. The minimum Gasteiger partial charge on any atom is -0.382 e. The molecule has 0 spiro atoms. The zero-order valence-electron chi connectivity index (χ0n) is 10.2. The van der Waals surface area contributed by atoms with Gasteiger partial charge in [0, 0.05) is 12.6 Å². The molecule has 0 bridgehead atoms. The second kappa shape index (κ2) is 4.80. The summed E-state index contributed by atoms with van der Waals surface area (Å²) in [6, 6.07) is 1.38. The molecule has 0 aliphatic rings. The minimum absolute atomic E-state index is 0.142. The predicted octanol–water partition coefficient (Wildman–Crippen LogP) is -0.440. The molecule has 2 rings (SSSR count). The van der Waals surface area contributed by atoms with E-state index >= 15 is 0 Å². The fourth-order valence-corrected chi connectivity index (χ4v) is 1.62. The number of nitrogens with one attached hydrogen (secondary N) is 2. The number of amides is 2. The Balaban J connectivity index is 2.26. The molecule has 0 aliphatic heterocycles. The molecule has 2 aromatic rings. The van der Waals surface area contributed by atoms with Gasteiger partial charge in [-0.3, -0.25) is 19.4 Å². The van der Waals surface area contributed by atoms with Gasteiger partial charge in [0.1, 0.15) is 17.2 Å². The number of hydrogen-bond acceptors (Lipinski definition) is 5. The van der Waals surface area contributed by atoms with Crippen molar-refractivity contribution in [3.63, 3.8) is 0 Å². The summed E-state index contributed by atoms with van der Waals surface area (Å²) >= 11 is 0. The van der Waals surface area contributed by atoms with Gasteiger partial charge in [-0.2, -0.15) is 10.2 Å². The van der Waals surface area contributed by atoms with E-state index in [1.165, 1.54) is 16.9 Å². The highest BCUT2D eigenvalue weighted by atomic mass is 16.2. The first-order valence-electron chi connectivity index (χ1n) is 5.50. The maximum absolute atomic E-state index is 11.9. The number of primary amides is 1. The summed E-state index contributed by atoms with van der Waals surface area (Å²) < 4.78 is 1.40. The standard InChI is InChI=1S/C10H13N7O2/c1-2-17-8(9(12)18)6(4-13-17)14-10(19)5-3-7(11)16-15-5/h3-4H,2H2,1H3,(H2,12,18)(H,14,19)(H3,11,15,16). The predicted molar refractivity (Wildman–Crippen MR) is 67.4 cm³/mol. The van der Waals surface area contributed by atoms with E-state index < -0.39 is 11.8 Å². The number of aryl methyl sites for hydroxylation is 1. The van der Waals surface area contributed by atoms with Crippen LogP contribution in [0.2, 0.25) is 0 Å². The molecule has 100 valence electrons. The fourth-order valence-electron chi connectivity index (χ4n) is 1.62. The van der Waals surface area contributed by atoms with Gasteiger partial charge in [0.15, 0.2) is 0 Å². The highest BCUT2D eigenvalue weighted by Crippen LogP contribution is 2.15. The van der Waals surface area contributed by atoms with Crippen LogP contribution in [-0.2, 0) is 6.54 Å². The van der Waals surface area contributed by atoms with Gasteiger partial charge in [-0.15, -0.1) is 0 Å². The van der Waals surface area contributed by atoms with Crippen LogP contribution < -0.4 is 16.8 Å². The summed E-state index contributed by atoms with van der Waals surface area (Å²) in [6.45, 7) is 2.27. The number of nitrogen functional groups attached to an aromatic ring is 1. The molecule has 0 saturated heterocycles. The lowest BCUT2D eigenvalue weighted by molar-refractivity contribution is 0.0991. The number of carbonyl (C=O) groups is 2. The molecule has 0 saturated carbocycles. The van der Waals surface area contributed by atoms with Crippen molar-refractivity contribution in [1.82, 2.24) is 20.0 Å². The highest BCUT2D eigenvalue weighted by Gasteiger charge is 2.18. The second-order valence-electron chi connectivity index (χ2n) is 3.75. The lowest BCUT2D eigenvalue weighted by Crippen LogP contribution is -2.21. The first-order chi connectivity index (χ1) is 9.02. The van der Waals surface area contributed by atoms with Crippen molar-refractivity contribution in [3.8, 4) is 0 Å². The van der Waals surface area contributed by atoms with Gasteiger partial charge in [0.2, 0.25) is 0 Å². The number of aromatic nitrogens is 4. The van der Waals surface area contributed by atoms with E-state index in [9.17, 15) is 9.59 Å². The van der Waals surface area contributed by atoms with Crippen LogP contribution in [0.1, 0.15) is 27.9 Å². The van der Waals surface area contributed by atoms with Crippen molar-refractivity contribution >= 4 is 23.3 Å². The summed E-state index contributed by atoms with van der Waals surface area (Å²) in [7, 11) is 0. The molecule has 2 aromatic heterocycles. The SMILES string of the molecule is CCn1ncc(NC(=O)c2cc(N)n[nH]2)c1C(N)=O. The highest BCUT2D eigenvalue weighted by molar-refractivity contribution is 6.07. The van der Waals surface area contributed by atoms with Crippen LogP contribution in [0.5, 0.6) is 0 Å². The normalized spacial score (nSPS) is 10.4. The van der Waals surface area contributed by atoms with Crippen molar-refractivity contribution < 1.29 is 9.59 Å². The van der Waals surface area contributed by atoms with Gasteiger partial charge >= 0.3 is 0 Å². The molecule has 0 aliphatic carbocycles. The van der Waals surface area contributed by atoms with E-state index in [1.807, 2.05) is 0 Å². The van der Waals surface area contributed by atoms with Gasteiger partial charge in [-0.1, -0.05) is 0 Å². The molecule has 2 heterocycles. The van der Waals surface area contributed by atoms with Gasteiger partial charge in [0.25, 0.3) is 11.8 Å². The number of aromatic amines is 1. The average molecular weight is 263 g/mol. The van der Waals surface area contributed by atoms with Gasteiger partial charge < -0.3 is 16.8 Å². The molecule has 0 fully saturated rings. The summed E-state index contributed by atoms with van der Waals surface area (Å²) in [4.78, 5) is 23.2. The zero-order valence-corrected chi connectivity index (χ0v) is 10.2. The molecule has 2 amide bonds. The minimum atomic E-state index is -0.668. The van der Waals surface area contributed by atoms with E-state index in [0.29, 0.717) is 6.54 Å². The Morgan fingerprint density at radius 2 is 2.26 bits per heavy atom. The molecule has 9 nitrogen and oxygen atoms in total. The van der Waals surface area contributed by atoms with E-state index in [-0.39, 0.29) is 22.9 Å². The Morgan fingerprint density at radius 1 is 1.53 bits per heavy atom. The van der Waals surface area contributed by atoms with E-state index in [1.54, 1.807) is 6.92 Å². The van der Waals surface area contributed by atoms with Crippen LogP contribution in [0.15, 0.2) is 12.3 Å². The van der Waals surface area contributed by atoms with Crippen molar-refractivity contribution in [2.45, 2.75) is 13.5 Å². The van der Waals surface area contributed by atoms with Crippen LogP contribution in [0.4, 0.5) is 11.5 Å². The van der Waals surface area contributed by atoms with Gasteiger partial charge in [0.05, 0.1) is 11.9 Å². The van der Waals surface area contributed by atoms with E-state index in [0.717, 1.165) is 0 Å². The third kappa shape index (κ3) is 2.39. The largest absolute Gasteiger partial charge is 0.382 e. The second-order valence-corrected chi connectivity index (χ2v) is 3.75. The van der Waals surface area contributed by atoms with E-state index in [2.05, 4.69) is 20.6 Å². The third-order valence-corrected chi connectivity index (χ3v) is 2.46. The van der Waals surface area contributed by atoms with Crippen LogP contribution in [0, 0.1) is 0 Å². The molecular weight excluding hydrogens is 250 g/mol. The van der Waals surface area contributed by atoms with Crippen LogP contribution >= 0.6 is 0 Å². The van der Waals surface area contributed by atoms with Gasteiger partial charge in [-0.05, 0) is 6.92 Å². The smallest absolute Gasteiger partial charge is 0.273 e. The van der Waals surface area contributed by atoms with Crippen LogP contribution in [-0.4, -0.2) is 31.8 Å². The monoisotopic (exact) mass is 263 g/mol. The molecular formula is C10H13N7O2. The molecule has 0 aromatic carbocycles. The Labute approximate surface area is 108 Å². The average Bonchev–Trinajstić information content (AvgIpc) is 2.95. The van der Waals surface area contributed by atoms with Crippen molar-refractivity contribution in [2.24, 2.45) is 5.73 Å². The molecule has 0 radical (unpaired) electrons. The Kier molecular flexibility index (Phi) is 3.19. The lowest BCUT2D eigenvalue weighted by atomic mass is 10.3. The maximum atomic E-state index is 11.9. The molecule has 0 unspecified atom stereocenters. The van der Waals surface area contributed by atoms with E-state index in [4.69, 9.17) is 11.5 Å². The number of nitrogens with zero attached hydrogens (tertiary/aromatic N) is 3. The zero-order chi connectivity index (χ0) is 14.0. The van der Waals surface area contributed by atoms with Crippen molar-refractivity contribution in [1.29, 1.82) is 0 Å². The first-order valence-corrected chi connectivity index (χ1v) is 5.50. The Morgan fingerprint density at radius 3 is 2.79 bits per heavy atom. The lowest BCUT2D eigenvalue weighted by Gasteiger charge is -2.04. The Bertz CT molecular complexity index is 628. The quantitative estimate of drug-likeness (QED) is 0.590. The molecule has 9 heteroatoms. The summed E-state index contributed by atoms with van der Waals surface area (Å²) in [6.07, 6.45) is 1.36. The third-order valence-electron chi connectivity index (χ3n) is 2.46. The maximum Gasteiger partial charge on any atom is 0.273 e. The summed E-state index contributed by atoms with van der Waals surface area (Å²) in [5.74, 6) is -0.953. The molecule has 19 heavy (non-hydrogen) atoms. The fraction of sp³-hybridized carbons (Fsp3) is 0.200. The van der Waals surface area contributed by atoms with Crippen molar-refractivity contribution in [2.75, 3.05) is 11.1 Å². The Hall–Kier alpha value is -2.84. The number of carbonyl (C=O) groups excluding carboxylic acids is 2. The summed E-state index contributed by atoms with van der Waals surface area (Å²) in [5.41, 5.74) is 11.2. The number of anilines is 2. The topological polar surface area (TPSA) is 145 Å². The number of rotatable bonds is 4. The van der Waals surface area contributed by atoms with Crippen LogP contribution in [0.25, 0.3) is 0 Å². The first kappa shape index (κ1) is 12.6. The van der Waals surface area contributed by atoms with Gasteiger partial charge in [-0.25, -0.2) is 0 Å². The van der Waals surface area contributed by atoms with Crippen molar-refractivity contribution in [3.05, 3.63) is 23.7 Å². The number of H-pyrrole nitrogens is 1. The molecule has 0 atom stereocenters. The summed E-state index contributed by atoms with van der Waals surface area (Å²) in [5, 5.41) is 12.6. The number of nitrogens with two attached hydrogens (primary N) is 2. The molecule has 6 N–H and O–H groups in total. The van der Waals surface area contributed by atoms with Crippen LogP contribution in [0.3, 0.4) is 0 Å².